The first kappa shape index (κ1) is 17.0. The van der Waals surface area contributed by atoms with E-state index in [-0.39, 0.29) is 30.4 Å². The minimum Gasteiger partial charge on any atom is -0.396 e. The van der Waals surface area contributed by atoms with Crippen LogP contribution in [0.2, 0.25) is 0 Å². The number of carbonyl (C=O) groups excluding carboxylic acids is 2. The normalized spacial score (nSPS) is 21.3. The van der Waals surface area contributed by atoms with E-state index in [2.05, 4.69) is 10.6 Å². The third kappa shape index (κ3) is 5.38. The summed E-state index contributed by atoms with van der Waals surface area (Å²) in [4.78, 5) is 23.9. The van der Waals surface area contributed by atoms with Gasteiger partial charge in [-0.1, -0.05) is 42.5 Å². The molecular formula is C18H22N2O3. The lowest BCUT2D eigenvalue weighted by Gasteiger charge is -2.17. The van der Waals surface area contributed by atoms with E-state index >= 15 is 0 Å². The van der Waals surface area contributed by atoms with Crippen LogP contribution in [0, 0.1) is 5.92 Å². The van der Waals surface area contributed by atoms with Gasteiger partial charge in [0.1, 0.15) is 6.04 Å². The molecule has 0 saturated heterocycles. The maximum Gasteiger partial charge on any atom is 0.244 e. The van der Waals surface area contributed by atoms with E-state index in [0.29, 0.717) is 6.42 Å². The van der Waals surface area contributed by atoms with Gasteiger partial charge in [0.15, 0.2) is 0 Å². The SMILES string of the molecule is CC(NC(=O)/C=C/c1ccccc1)C(=O)N[C@@H]1C=C[C@H](CO)C1. The van der Waals surface area contributed by atoms with Gasteiger partial charge in [0.05, 0.1) is 0 Å². The largest absolute Gasteiger partial charge is 0.396 e. The summed E-state index contributed by atoms with van der Waals surface area (Å²) in [7, 11) is 0. The fourth-order valence-corrected chi connectivity index (χ4v) is 2.39. The highest BCUT2D eigenvalue weighted by molar-refractivity contribution is 5.95. The van der Waals surface area contributed by atoms with Crippen LogP contribution in [0.25, 0.3) is 6.08 Å². The van der Waals surface area contributed by atoms with Crippen LogP contribution in [-0.2, 0) is 9.59 Å². The van der Waals surface area contributed by atoms with Gasteiger partial charge >= 0.3 is 0 Å². The van der Waals surface area contributed by atoms with Crippen LogP contribution in [0.3, 0.4) is 0 Å². The van der Waals surface area contributed by atoms with Crippen molar-refractivity contribution in [2.24, 2.45) is 5.92 Å². The van der Waals surface area contributed by atoms with Crippen LogP contribution in [0.5, 0.6) is 0 Å². The van der Waals surface area contributed by atoms with Crippen LogP contribution < -0.4 is 10.6 Å². The fraction of sp³-hybridized carbons (Fsp3) is 0.333. The van der Waals surface area contributed by atoms with Crippen molar-refractivity contribution < 1.29 is 14.7 Å². The molecule has 2 amide bonds. The number of aliphatic hydroxyl groups is 1. The van der Waals surface area contributed by atoms with E-state index in [9.17, 15) is 9.59 Å². The zero-order chi connectivity index (χ0) is 16.7. The smallest absolute Gasteiger partial charge is 0.244 e. The average Bonchev–Trinajstić information content (AvgIpc) is 3.01. The molecule has 5 nitrogen and oxygen atoms in total. The van der Waals surface area contributed by atoms with Gasteiger partial charge < -0.3 is 15.7 Å². The van der Waals surface area contributed by atoms with Crippen molar-refractivity contribution in [2.75, 3.05) is 6.61 Å². The van der Waals surface area contributed by atoms with Gasteiger partial charge in [-0.15, -0.1) is 0 Å². The van der Waals surface area contributed by atoms with Gasteiger partial charge in [-0.05, 0) is 25.0 Å². The maximum absolute atomic E-state index is 12.1. The van der Waals surface area contributed by atoms with Crippen LogP contribution in [0.15, 0.2) is 48.6 Å². The Bertz CT molecular complexity index is 596. The summed E-state index contributed by atoms with van der Waals surface area (Å²) in [5.41, 5.74) is 0.922. The van der Waals surface area contributed by atoms with E-state index in [4.69, 9.17) is 5.11 Å². The summed E-state index contributed by atoms with van der Waals surface area (Å²) in [6.45, 7) is 1.73. The number of benzene rings is 1. The van der Waals surface area contributed by atoms with Gasteiger partial charge in [-0.25, -0.2) is 0 Å². The molecule has 0 aliphatic heterocycles. The molecule has 0 bridgehead atoms. The molecule has 1 aliphatic rings. The van der Waals surface area contributed by atoms with E-state index in [1.165, 1.54) is 6.08 Å². The predicted octanol–water partition coefficient (Wildman–Crippen LogP) is 1.26. The highest BCUT2D eigenvalue weighted by Gasteiger charge is 2.22. The third-order valence-corrected chi connectivity index (χ3v) is 3.71. The molecule has 0 spiro atoms. The lowest BCUT2D eigenvalue weighted by atomic mass is 10.1. The van der Waals surface area contributed by atoms with Crippen molar-refractivity contribution in [3.63, 3.8) is 0 Å². The molecule has 1 aromatic carbocycles. The van der Waals surface area contributed by atoms with E-state index in [0.717, 1.165) is 5.56 Å². The Morgan fingerprint density at radius 1 is 1.30 bits per heavy atom. The van der Waals surface area contributed by atoms with Gasteiger partial charge in [0.2, 0.25) is 11.8 Å². The maximum atomic E-state index is 12.1. The van der Waals surface area contributed by atoms with Crippen molar-refractivity contribution >= 4 is 17.9 Å². The highest BCUT2D eigenvalue weighted by atomic mass is 16.3. The highest BCUT2D eigenvalue weighted by Crippen LogP contribution is 2.16. The van der Waals surface area contributed by atoms with Crippen LogP contribution in [0.4, 0.5) is 0 Å². The first-order valence-corrected chi connectivity index (χ1v) is 7.71. The molecule has 23 heavy (non-hydrogen) atoms. The van der Waals surface area contributed by atoms with Crippen molar-refractivity contribution in [3.05, 3.63) is 54.1 Å². The summed E-state index contributed by atoms with van der Waals surface area (Å²) in [6.07, 6.45) is 7.58. The number of hydrogen-bond donors (Lipinski definition) is 3. The lowest BCUT2D eigenvalue weighted by Crippen LogP contribution is -2.47. The lowest BCUT2D eigenvalue weighted by molar-refractivity contribution is -0.127. The van der Waals surface area contributed by atoms with E-state index in [1.54, 1.807) is 13.0 Å². The van der Waals surface area contributed by atoms with Crippen molar-refractivity contribution in [1.29, 1.82) is 0 Å². The van der Waals surface area contributed by atoms with Crippen LogP contribution in [-0.4, -0.2) is 35.6 Å². The number of hydrogen-bond acceptors (Lipinski definition) is 3. The van der Waals surface area contributed by atoms with Gasteiger partial charge in [-0.3, -0.25) is 9.59 Å². The molecule has 0 aromatic heterocycles. The number of rotatable bonds is 6. The Balaban J connectivity index is 1.78. The second-order valence-electron chi connectivity index (χ2n) is 5.65. The molecule has 2 rings (SSSR count). The number of aliphatic hydroxyl groups excluding tert-OH is 1. The molecule has 0 heterocycles. The molecular weight excluding hydrogens is 292 g/mol. The van der Waals surface area contributed by atoms with Gasteiger partial charge in [-0.2, -0.15) is 0 Å². The quantitative estimate of drug-likeness (QED) is 0.546. The Morgan fingerprint density at radius 2 is 2.04 bits per heavy atom. The monoisotopic (exact) mass is 314 g/mol. The Hall–Kier alpha value is -2.40. The molecule has 1 aromatic rings. The van der Waals surface area contributed by atoms with Gasteiger partial charge in [0.25, 0.3) is 0 Å². The first-order chi connectivity index (χ1) is 11.1. The molecule has 0 radical (unpaired) electrons. The molecule has 1 unspecified atom stereocenters. The topological polar surface area (TPSA) is 78.4 Å². The number of nitrogens with one attached hydrogen (secondary N) is 2. The zero-order valence-electron chi connectivity index (χ0n) is 13.1. The fourth-order valence-electron chi connectivity index (χ4n) is 2.39. The van der Waals surface area contributed by atoms with Crippen LogP contribution in [0.1, 0.15) is 18.9 Å². The summed E-state index contributed by atoms with van der Waals surface area (Å²) in [5, 5.41) is 14.6. The molecule has 122 valence electrons. The van der Waals surface area contributed by atoms with Gasteiger partial charge in [0, 0.05) is 24.6 Å². The molecule has 0 fully saturated rings. The molecule has 1 aliphatic carbocycles. The second-order valence-corrected chi connectivity index (χ2v) is 5.65. The summed E-state index contributed by atoms with van der Waals surface area (Å²) < 4.78 is 0. The first-order valence-electron chi connectivity index (χ1n) is 7.71. The minimum absolute atomic E-state index is 0.0828. The number of carbonyl (C=O) groups is 2. The van der Waals surface area contributed by atoms with Crippen LogP contribution >= 0.6 is 0 Å². The molecule has 3 N–H and O–H groups in total. The number of amides is 2. The zero-order valence-corrected chi connectivity index (χ0v) is 13.1. The molecule has 0 saturated carbocycles. The summed E-state index contributed by atoms with van der Waals surface area (Å²) in [5.74, 6) is -0.453. The third-order valence-electron chi connectivity index (χ3n) is 3.71. The molecule has 5 heteroatoms. The van der Waals surface area contributed by atoms with Crippen molar-refractivity contribution in [3.8, 4) is 0 Å². The van der Waals surface area contributed by atoms with E-state index in [1.807, 2.05) is 42.5 Å². The Labute approximate surface area is 136 Å². The molecule has 3 atom stereocenters. The Morgan fingerprint density at radius 3 is 2.70 bits per heavy atom. The van der Waals surface area contributed by atoms with E-state index < -0.39 is 6.04 Å². The second kappa shape index (κ2) is 8.29. The predicted molar refractivity (Wildman–Crippen MR) is 89.3 cm³/mol. The Kier molecular flexibility index (Phi) is 6.11. The summed E-state index contributed by atoms with van der Waals surface area (Å²) >= 11 is 0. The van der Waals surface area contributed by atoms with Crippen molar-refractivity contribution in [2.45, 2.75) is 25.4 Å². The minimum atomic E-state index is -0.621. The van der Waals surface area contributed by atoms with Crippen molar-refractivity contribution in [1.82, 2.24) is 10.6 Å². The standard InChI is InChI=1S/C18H22N2O3/c1-13(18(23)20-16-9-7-15(11-16)12-21)19-17(22)10-8-14-5-3-2-4-6-14/h2-10,13,15-16,21H,11-12H2,1H3,(H,19,22)(H,20,23)/b10-8+/t13?,15-,16+/m0/s1. The summed E-state index contributed by atoms with van der Waals surface area (Å²) in [6, 6.07) is 8.77. The average molecular weight is 314 g/mol.